The number of quaternary nitrogens is 1. The van der Waals surface area contributed by atoms with E-state index in [1.807, 2.05) is 26.0 Å². The highest BCUT2D eigenvalue weighted by atomic mass is 35.5. The van der Waals surface area contributed by atoms with Gasteiger partial charge in [-0.15, -0.1) is 0 Å². The van der Waals surface area contributed by atoms with Gasteiger partial charge < -0.3 is 15.2 Å². The van der Waals surface area contributed by atoms with Crippen LogP contribution in [0.1, 0.15) is 19.4 Å². The zero-order chi connectivity index (χ0) is 13.6. The summed E-state index contributed by atoms with van der Waals surface area (Å²) >= 11 is 6.00. The number of hydrogen-bond donors (Lipinski definition) is 2. The molecular formula is C14H21ClNO2+. The normalized spacial score (nSPS) is 11.3. The summed E-state index contributed by atoms with van der Waals surface area (Å²) in [6, 6.07) is 5.56. The zero-order valence-electron chi connectivity index (χ0n) is 10.9. The Kier molecular flexibility index (Phi) is 5.66. The summed E-state index contributed by atoms with van der Waals surface area (Å²) in [6.07, 6.45) is 1.71. The summed E-state index contributed by atoms with van der Waals surface area (Å²) in [6.45, 7) is 8.91. The molecule has 3 N–H and O–H groups in total. The molecule has 0 amide bonds. The van der Waals surface area contributed by atoms with Crippen molar-refractivity contribution in [1.29, 1.82) is 0 Å². The number of nitrogens with two attached hydrogens (primary N) is 1. The van der Waals surface area contributed by atoms with Crippen LogP contribution in [-0.2, 0) is 6.54 Å². The van der Waals surface area contributed by atoms with E-state index in [4.69, 9.17) is 16.3 Å². The van der Waals surface area contributed by atoms with Gasteiger partial charge in [-0.2, -0.15) is 0 Å². The van der Waals surface area contributed by atoms with E-state index < -0.39 is 0 Å². The lowest BCUT2D eigenvalue weighted by Gasteiger charge is -2.20. The Bertz CT molecular complexity index is 405. The van der Waals surface area contributed by atoms with Gasteiger partial charge in [-0.1, -0.05) is 24.3 Å². The number of ether oxygens (including phenoxy) is 1. The van der Waals surface area contributed by atoms with Gasteiger partial charge in [0.05, 0.1) is 6.61 Å². The Balaban J connectivity index is 2.78. The molecule has 100 valence electrons. The van der Waals surface area contributed by atoms with Gasteiger partial charge in [0.15, 0.2) is 0 Å². The fraction of sp³-hybridized carbons (Fsp3) is 0.429. The van der Waals surface area contributed by atoms with E-state index in [-0.39, 0.29) is 12.1 Å². The van der Waals surface area contributed by atoms with Crippen molar-refractivity contribution < 1.29 is 15.2 Å². The molecule has 4 heteroatoms. The minimum Gasteiger partial charge on any atom is -0.489 e. The maximum atomic E-state index is 9.24. The van der Waals surface area contributed by atoms with E-state index in [1.165, 1.54) is 0 Å². The summed E-state index contributed by atoms with van der Waals surface area (Å²) in [5, 5.41) is 12.0. The first kappa shape index (κ1) is 15.0. The van der Waals surface area contributed by atoms with Crippen molar-refractivity contribution in [3.8, 4) is 5.75 Å². The summed E-state index contributed by atoms with van der Waals surface area (Å²) in [4.78, 5) is 0. The molecule has 0 aromatic heterocycles. The highest BCUT2D eigenvalue weighted by Gasteiger charge is 2.20. The van der Waals surface area contributed by atoms with Gasteiger partial charge in [0.25, 0.3) is 0 Å². The smallest absolute Gasteiger partial charge is 0.128 e. The van der Waals surface area contributed by atoms with Crippen LogP contribution in [0.2, 0.25) is 5.02 Å². The predicted molar refractivity (Wildman–Crippen MR) is 73.9 cm³/mol. The van der Waals surface area contributed by atoms with Crippen molar-refractivity contribution in [3.63, 3.8) is 0 Å². The maximum Gasteiger partial charge on any atom is 0.128 e. The van der Waals surface area contributed by atoms with Crippen LogP contribution in [0, 0.1) is 0 Å². The Labute approximate surface area is 113 Å². The fourth-order valence-corrected chi connectivity index (χ4v) is 1.64. The van der Waals surface area contributed by atoms with Crippen LogP contribution in [-0.4, -0.2) is 23.9 Å². The second kappa shape index (κ2) is 6.78. The van der Waals surface area contributed by atoms with Crippen LogP contribution in [0.5, 0.6) is 5.75 Å². The third kappa shape index (κ3) is 4.69. The molecular weight excluding hydrogens is 250 g/mol. The first-order chi connectivity index (χ1) is 8.48. The molecule has 1 aromatic carbocycles. The molecule has 0 saturated heterocycles. The van der Waals surface area contributed by atoms with Crippen molar-refractivity contribution in [3.05, 3.63) is 41.4 Å². The molecule has 0 bridgehead atoms. The summed E-state index contributed by atoms with van der Waals surface area (Å²) in [7, 11) is 0. The quantitative estimate of drug-likeness (QED) is 0.742. The van der Waals surface area contributed by atoms with Crippen molar-refractivity contribution >= 4 is 11.6 Å². The molecule has 1 rings (SSSR count). The molecule has 0 saturated carbocycles. The monoisotopic (exact) mass is 270 g/mol. The number of rotatable bonds is 7. The number of halogens is 1. The van der Waals surface area contributed by atoms with Gasteiger partial charge in [-0.25, -0.2) is 0 Å². The number of aliphatic hydroxyl groups excluding tert-OH is 1. The second-order valence-corrected chi connectivity index (χ2v) is 5.34. The summed E-state index contributed by atoms with van der Waals surface area (Å²) in [5.74, 6) is 0.810. The van der Waals surface area contributed by atoms with Gasteiger partial charge in [-0.3, -0.25) is 0 Å². The number of hydrogen-bond acceptors (Lipinski definition) is 2. The molecule has 0 spiro atoms. The molecule has 18 heavy (non-hydrogen) atoms. The first-order valence-corrected chi connectivity index (χ1v) is 6.33. The molecule has 3 nitrogen and oxygen atoms in total. The minimum atomic E-state index is -0.210. The van der Waals surface area contributed by atoms with Gasteiger partial charge in [-0.05, 0) is 32.0 Å². The van der Waals surface area contributed by atoms with Gasteiger partial charge in [0.2, 0.25) is 0 Å². The first-order valence-electron chi connectivity index (χ1n) is 5.96. The van der Waals surface area contributed by atoms with Crippen LogP contribution < -0.4 is 10.1 Å². The molecule has 0 atom stereocenters. The van der Waals surface area contributed by atoms with E-state index >= 15 is 0 Å². The van der Waals surface area contributed by atoms with E-state index in [9.17, 15) is 5.11 Å². The van der Waals surface area contributed by atoms with E-state index in [0.29, 0.717) is 18.2 Å². The Morgan fingerprint density at radius 3 is 2.83 bits per heavy atom. The summed E-state index contributed by atoms with van der Waals surface area (Å²) < 4.78 is 5.58. The molecule has 0 heterocycles. The van der Waals surface area contributed by atoms with Gasteiger partial charge in [0.1, 0.15) is 24.4 Å². The molecule has 1 aromatic rings. The average Bonchev–Trinajstić information content (AvgIpc) is 2.35. The Morgan fingerprint density at radius 2 is 2.22 bits per heavy atom. The van der Waals surface area contributed by atoms with E-state index in [2.05, 4.69) is 11.9 Å². The van der Waals surface area contributed by atoms with Gasteiger partial charge in [0, 0.05) is 10.6 Å². The standard InChI is InChI=1S/C14H20ClNO2/c1-4-7-18-13-6-5-12(15)8-11(13)9-16-14(2,3)10-17/h4-6,8,16-17H,1,7,9-10H2,2-3H3/p+1. The number of benzene rings is 1. The van der Waals surface area contributed by atoms with Crippen molar-refractivity contribution in [2.45, 2.75) is 25.9 Å². The third-order valence-corrected chi connectivity index (χ3v) is 2.90. The average molecular weight is 271 g/mol. The van der Waals surface area contributed by atoms with Crippen LogP contribution in [0.3, 0.4) is 0 Å². The Morgan fingerprint density at radius 1 is 1.50 bits per heavy atom. The molecule has 0 fully saturated rings. The lowest BCUT2D eigenvalue weighted by atomic mass is 10.1. The number of aliphatic hydroxyl groups is 1. The molecule has 0 aliphatic carbocycles. The summed E-state index contributed by atoms with van der Waals surface area (Å²) in [5.41, 5.74) is 0.809. The van der Waals surface area contributed by atoms with Crippen molar-refractivity contribution in [2.75, 3.05) is 13.2 Å². The largest absolute Gasteiger partial charge is 0.489 e. The van der Waals surface area contributed by atoms with Crippen molar-refractivity contribution in [2.24, 2.45) is 0 Å². The third-order valence-electron chi connectivity index (χ3n) is 2.66. The highest BCUT2D eigenvalue weighted by Crippen LogP contribution is 2.22. The minimum absolute atomic E-state index is 0.121. The molecule has 0 unspecified atom stereocenters. The predicted octanol–water partition coefficient (Wildman–Crippen LogP) is 1.74. The Hall–Kier alpha value is -1.03. The zero-order valence-corrected chi connectivity index (χ0v) is 11.7. The molecule has 0 aliphatic rings. The lowest BCUT2D eigenvalue weighted by Crippen LogP contribution is -2.95. The van der Waals surface area contributed by atoms with E-state index in [0.717, 1.165) is 11.3 Å². The van der Waals surface area contributed by atoms with Crippen LogP contribution in [0.15, 0.2) is 30.9 Å². The van der Waals surface area contributed by atoms with Crippen LogP contribution >= 0.6 is 11.6 Å². The van der Waals surface area contributed by atoms with Crippen molar-refractivity contribution in [1.82, 2.24) is 0 Å². The van der Waals surface area contributed by atoms with Crippen LogP contribution in [0.4, 0.5) is 0 Å². The second-order valence-electron chi connectivity index (χ2n) is 4.91. The fourth-order valence-electron chi connectivity index (χ4n) is 1.45. The highest BCUT2D eigenvalue weighted by molar-refractivity contribution is 6.30. The van der Waals surface area contributed by atoms with Gasteiger partial charge >= 0.3 is 0 Å². The molecule has 0 aliphatic heterocycles. The molecule has 0 radical (unpaired) electrons. The van der Waals surface area contributed by atoms with E-state index in [1.54, 1.807) is 12.1 Å². The van der Waals surface area contributed by atoms with Crippen LogP contribution in [0.25, 0.3) is 0 Å². The maximum absolute atomic E-state index is 9.24. The topological polar surface area (TPSA) is 46.1 Å². The SMILES string of the molecule is C=CCOc1ccc(Cl)cc1C[NH2+]C(C)(C)CO. The lowest BCUT2D eigenvalue weighted by molar-refractivity contribution is -0.736.